The lowest BCUT2D eigenvalue weighted by Gasteiger charge is -2.03. The predicted molar refractivity (Wildman–Crippen MR) is 65.5 cm³/mol. The number of rotatable bonds is 3. The van der Waals surface area contributed by atoms with Crippen molar-refractivity contribution in [2.75, 3.05) is 0 Å². The summed E-state index contributed by atoms with van der Waals surface area (Å²) in [6.07, 6.45) is 2.81. The van der Waals surface area contributed by atoms with Crippen LogP contribution in [0.1, 0.15) is 21.7 Å². The highest BCUT2D eigenvalue weighted by atomic mass is 16.6. The van der Waals surface area contributed by atoms with Crippen LogP contribution in [0, 0.1) is 6.92 Å². The van der Waals surface area contributed by atoms with E-state index in [1.54, 1.807) is 0 Å². The molecule has 0 radical (unpaired) electrons. The van der Waals surface area contributed by atoms with Gasteiger partial charge in [0, 0.05) is 22.7 Å². The standard InChI is InChI=1S/C13H11N3O2/c1-9-12(15-18-14-9)7-16-6-5-11-10(8-17)3-2-4-13(11)16/h2-6,8H,7H2,1H3. The van der Waals surface area contributed by atoms with Gasteiger partial charge in [0.2, 0.25) is 0 Å². The molecule has 2 aromatic heterocycles. The highest BCUT2D eigenvalue weighted by Crippen LogP contribution is 2.20. The summed E-state index contributed by atoms with van der Waals surface area (Å²) in [5.74, 6) is 0. The molecule has 3 rings (SSSR count). The van der Waals surface area contributed by atoms with E-state index in [-0.39, 0.29) is 0 Å². The Labute approximate surface area is 103 Å². The molecule has 0 saturated heterocycles. The van der Waals surface area contributed by atoms with Gasteiger partial charge in [-0.2, -0.15) is 0 Å². The van der Waals surface area contributed by atoms with Crippen LogP contribution in [0.4, 0.5) is 0 Å². The molecular weight excluding hydrogens is 230 g/mol. The fraction of sp³-hybridized carbons (Fsp3) is 0.154. The Morgan fingerprint density at radius 1 is 1.33 bits per heavy atom. The largest absolute Gasteiger partial charge is 0.341 e. The van der Waals surface area contributed by atoms with Crippen LogP contribution in [-0.4, -0.2) is 21.2 Å². The number of aryl methyl sites for hydroxylation is 1. The number of nitrogens with zero attached hydrogens (tertiary/aromatic N) is 3. The van der Waals surface area contributed by atoms with Gasteiger partial charge >= 0.3 is 0 Å². The topological polar surface area (TPSA) is 60.9 Å². The number of carbonyl (C=O) groups is 1. The molecule has 3 aromatic rings. The van der Waals surface area contributed by atoms with E-state index in [4.69, 9.17) is 0 Å². The Hall–Kier alpha value is -2.43. The summed E-state index contributed by atoms with van der Waals surface area (Å²) in [5, 5.41) is 8.56. The van der Waals surface area contributed by atoms with Crippen LogP contribution in [0.2, 0.25) is 0 Å². The van der Waals surface area contributed by atoms with Crippen molar-refractivity contribution in [3.63, 3.8) is 0 Å². The quantitative estimate of drug-likeness (QED) is 0.659. The van der Waals surface area contributed by atoms with Crippen LogP contribution in [0.15, 0.2) is 35.1 Å². The monoisotopic (exact) mass is 241 g/mol. The Bertz CT molecular complexity index is 712. The minimum Gasteiger partial charge on any atom is -0.341 e. The summed E-state index contributed by atoms with van der Waals surface area (Å²) >= 11 is 0. The lowest BCUT2D eigenvalue weighted by Crippen LogP contribution is -2.00. The van der Waals surface area contributed by atoms with E-state index in [1.807, 2.05) is 42.0 Å². The maximum absolute atomic E-state index is 11.0. The first-order valence-electron chi connectivity index (χ1n) is 5.60. The van der Waals surface area contributed by atoms with Gasteiger partial charge in [-0.1, -0.05) is 22.4 Å². The molecule has 0 aliphatic heterocycles. The summed E-state index contributed by atoms with van der Waals surface area (Å²) in [4.78, 5) is 11.0. The molecule has 2 heterocycles. The van der Waals surface area contributed by atoms with Crippen molar-refractivity contribution < 1.29 is 9.42 Å². The molecule has 0 spiro atoms. The smallest absolute Gasteiger partial charge is 0.150 e. The molecule has 5 heteroatoms. The summed E-state index contributed by atoms with van der Waals surface area (Å²) in [6.45, 7) is 2.44. The number of hydrogen-bond acceptors (Lipinski definition) is 4. The van der Waals surface area contributed by atoms with E-state index in [9.17, 15) is 4.79 Å². The van der Waals surface area contributed by atoms with Crippen LogP contribution in [0.25, 0.3) is 10.9 Å². The van der Waals surface area contributed by atoms with Crippen LogP contribution in [0.3, 0.4) is 0 Å². The first-order chi connectivity index (χ1) is 8.79. The lowest BCUT2D eigenvalue weighted by molar-refractivity contribution is 0.112. The maximum Gasteiger partial charge on any atom is 0.150 e. The Kier molecular flexibility index (Phi) is 2.44. The summed E-state index contributed by atoms with van der Waals surface area (Å²) < 4.78 is 6.70. The van der Waals surface area contributed by atoms with Crippen molar-refractivity contribution >= 4 is 17.2 Å². The molecule has 0 fully saturated rings. The highest BCUT2D eigenvalue weighted by Gasteiger charge is 2.09. The molecule has 18 heavy (non-hydrogen) atoms. The van der Waals surface area contributed by atoms with E-state index in [1.165, 1.54) is 0 Å². The average Bonchev–Trinajstić information content (AvgIpc) is 2.97. The van der Waals surface area contributed by atoms with Gasteiger partial charge in [0.05, 0.1) is 6.54 Å². The van der Waals surface area contributed by atoms with Gasteiger partial charge in [0.1, 0.15) is 11.4 Å². The summed E-state index contributed by atoms with van der Waals surface area (Å²) in [5.41, 5.74) is 3.27. The number of hydrogen-bond donors (Lipinski definition) is 0. The van der Waals surface area contributed by atoms with Crippen LogP contribution in [0.5, 0.6) is 0 Å². The predicted octanol–water partition coefficient (Wildman–Crippen LogP) is 2.19. The van der Waals surface area contributed by atoms with Crippen LogP contribution >= 0.6 is 0 Å². The number of aromatic nitrogens is 3. The van der Waals surface area contributed by atoms with Gasteiger partial charge in [-0.25, -0.2) is 4.63 Å². The van der Waals surface area contributed by atoms with Crippen molar-refractivity contribution in [2.45, 2.75) is 13.5 Å². The van der Waals surface area contributed by atoms with Gasteiger partial charge in [0.15, 0.2) is 6.29 Å². The van der Waals surface area contributed by atoms with E-state index in [2.05, 4.69) is 14.9 Å². The molecule has 0 aliphatic rings. The Balaban J connectivity index is 2.08. The Morgan fingerprint density at radius 2 is 2.22 bits per heavy atom. The normalized spacial score (nSPS) is 10.9. The average molecular weight is 241 g/mol. The van der Waals surface area contributed by atoms with Crippen molar-refractivity contribution in [3.8, 4) is 0 Å². The molecule has 0 atom stereocenters. The van der Waals surface area contributed by atoms with Crippen molar-refractivity contribution in [2.24, 2.45) is 0 Å². The zero-order chi connectivity index (χ0) is 12.5. The van der Waals surface area contributed by atoms with Crippen molar-refractivity contribution in [1.29, 1.82) is 0 Å². The number of aldehydes is 1. The number of fused-ring (bicyclic) bond motifs is 1. The van der Waals surface area contributed by atoms with Gasteiger partial charge in [0.25, 0.3) is 0 Å². The van der Waals surface area contributed by atoms with Gasteiger partial charge < -0.3 is 4.57 Å². The van der Waals surface area contributed by atoms with E-state index >= 15 is 0 Å². The molecular formula is C13H11N3O2. The molecule has 0 bridgehead atoms. The molecule has 0 N–H and O–H groups in total. The number of carbonyl (C=O) groups excluding carboxylic acids is 1. The van der Waals surface area contributed by atoms with Gasteiger partial charge in [-0.05, 0) is 19.1 Å². The van der Waals surface area contributed by atoms with Crippen LogP contribution < -0.4 is 0 Å². The molecule has 1 aromatic carbocycles. The summed E-state index contributed by atoms with van der Waals surface area (Å²) in [6, 6.07) is 7.59. The second-order valence-corrected chi connectivity index (χ2v) is 4.14. The molecule has 90 valence electrons. The third-order valence-electron chi connectivity index (χ3n) is 3.04. The SMILES string of the molecule is Cc1nonc1Cn1ccc2c(C=O)cccc21. The first kappa shape index (κ1) is 10.7. The second kappa shape index (κ2) is 4.10. The fourth-order valence-corrected chi connectivity index (χ4v) is 2.04. The van der Waals surface area contributed by atoms with Gasteiger partial charge in [-0.3, -0.25) is 4.79 Å². The molecule has 0 saturated carbocycles. The first-order valence-corrected chi connectivity index (χ1v) is 5.60. The molecule has 5 nitrogen and oxygen atoms in total. The van der Waals surface area contributed by atoms with Gasteiger partial charge in [-0.15, -0.1) is 0 Å². The lowest BCUT2D eigenvalue weighted by atomic mass is 10.1. The molecule has 0 unspecified atom stereocenters. The number of benzene rings is 1. The molecule has 0 amide bonds. The zero-order valence-corrected chi connectivity index (χ0v) is 9.83. The maximum atomic E-state index is 11.0. The summed E-state index contributed by atoms with van der Waals surface area (Å²) in [7, 11) is 0. The highest BCUT2D eigenvalue weighted by molar-refractivity contribution is 5.97. The third kappa shape index (κ3) is 1.60. The van der Waals surface area contributed by atoms with E-state index < -0.39 is 0 Å². The minimum absolute atomic E-state index is 0.584. The van der Waals surface area contributed by atoms with E-state index in [0.717, 1.165) is 28.6 Å². The minimum atomic E-state index is 0.584. The van der Waals surface area contributed by atoms with Crippen molar-refractivity contribution in [1.82, 2.24) is 14.9 Å². The van der Waals surface area contributed by atoms with E-state index in [0.29, 0.717) is 12.1 Å². The van der Waals surface area contributed by atoms with Crippen molar-refractivity contribution in [3.05, 3.63) is 47.4 Å². The fourth-order valence-electron chi connectivity index (χ4n) is 2.04. The van der Waals surface area contributed by atoms with Crippen LogP contribution in [-0.2, 0) is 6.54 Å². The zero-order valence-electron chi connectivity index (χ0n) is 9.83. The third-order valence-corrected chi connectivity index (χ3v) is 3.04. The molecule has 0 aliphatic carbocycles. The second-order valence-electron chi connectivity index (χ2n) is 4.14. The Morgan fingerprint density at radius 3 is 2.94 bits per heavy atom.